The average Bonchev–Trinajstić information content (AvgIpc) is 2.15. The van der Waals surface area contributed by atoms with Crippen molar-refractivity contribution in [2.45, 2.75) is 0 Å². The van der Waals surface area contributed by atoms with Crippen molar-refractivity contribution in [3.8, 4) is 0 Å². The van der Waals surface area contributed by atoms with Crippen LogP contribution in [0.5, 0.6) is 0 Å². The Hall–Kier alpha value is -1.17. The maximum atomic E-state index is 11.4. The number of piperazine rings is 1. The molecule has 1 fully saturated rings. The Morgan fingerprint density at radius 3 is 3.15 bits per heavy atom. The number of carbonyl (C=O) groups excluding carboxylic acids is 1. The Morgan fingerprint density at radius 1 is 1.62 bits per heavy atom. The topological polar surface area (TPSA) is 47.9 Å². The van der Waals surface area contributed by atoms with Gasteiger partial charge in [0.05, 0.1) is 18.7 Å². The first kappa shape index (κ1) is 8.43. The first-order valence-electron chi connectivity index (χ1n) is 3.88. The van der Waals surface area contributed by atoms with Gasteiger partial charge < -0.3 is 14.5 Å². The molecule has 1 saturated heterocycles. The monoisotopic (exact) mass is 198 g/mol. The van der Waals surface area contributed by atoms with Crippen molar-refractivity contribution in [2.75, 3.05) is 20.6 Å². The van der Waals surface area contributed by atoms with E-state index in [1.807, 2.05) is 11.9 Å². The zero-order valence-corrected chi connectivity index (χ0v) is 8.26. The SMILES string of the molecule is CN1CC(=O)N(C)C2=CNSN=C21. The van der Waals surface area contributed by atoms with Gasteiger partial charge in [-0.25, -0.2) is 0 Å². The van der Waals surface area contributed by atoms with Crippen LogP contribution < -0.4 is 4.72 Å². The number of nitrogens with one attached hydrogen (secondary N) is 1. The Morgan fingerprint density at radius 2 is 2.38 bits per heavy atom. The van der Waals surface area contributed by atoms with Crippen molar-refractivity contribution in [3.05, 3.63) is 11.9 Å². The van der Waals surface area contributed by atoms with Gasteiger partial charge in [0.15, 0.2) is 5.84 Å². The lowest BCUT2D eigenvalue weighted by atomic mass is 10.2. The van der Waals surface area contributed by atoms with E-state index in [4.69, 9.17) is 0 Å². The molecule has 0 unspecified atom stereocenters. The number of hydrogen-bond acceptors (Lipinski definition) is 5. The van der Waals surface area contributed by atoms with Crippen molar-refractivity contribution in [1.82, 2.24) is 14.5 Å². The van der Waals surface area contributed by atoms with Crippen molar-refractivity contribution in [1.29, 1.82) is 0 Å². The number of nitrogens with zero attached hydrogens (tertiary/aromatic N) is 3. The Bertz CT molecular complexity index is 312. The highest BCUT2D eigenvalue weighted by Crippen LogP contribution is 2.19. The number of amidine groups is 1. The maximum Gasteiger partial charge on any atom is 0.246 e. The van der Waals surface area contributed by atoms with Gasteiger partial charge >= 0.3 is 0 Å². The molecule has 70 valence electrons. The summed E-state index contributed by atoms with van der Waals surface area (Å²) >= 11 is 1.27. The van der Waals surface area contributed by atoms with Crippen LogP contribution in [0.2, 0.25) is 0 Å². The molecule has 6 heteroatoms. The molecular formula is C7H10N4OS. The molecule has 0 aromatic carbocycles. The summed E-state index contributed by atoms with van der Waals surface area (Å²) in [4.78, 5) is 14.9. The molecule has 1 amide bonds. The summed E-state index contributed by atoms with van der Waals surface area (Å²) in [5.74, 6) is 0.937. The zero-order chi connectivity index (χ0) is 9.42. The minimum Gasteiger partial charge on any atom is -0.348 e. The number of carbonyl (C=O) groups is 1. The van der Waals surface area contributed by atoms with Crippen LogP contribution in [0.3, 0.4) is 0 Å². The number of amides is 1. The largest absolute Gasteiger partial charge is 0.348 e. The Labute approximate surface area is 80.7 Å². The lowest BCUT2D eigenvalue weighted by molar-refractivity contribution is -0.129. The van der Waals surface area contributed by atoms with E-state index in [1.165, 1.54) is 12.1 Å². The van der Waals surface area contributed by atoms with Crippen LogP contribution in [-0.2, 0) is 4.79 Å². The van der Waals surface area contributed by atoms with Gasteiger partial charge in [0, 0.05) is 20.3 Å². The molecule has 0 bridgehead atoms. The normalized spacial score (nSPS) is 21.8. The van der Waals surface area contributed by atoms with Gasteiger partial charge in [-0.15, -0.1) is 0 Å². The highest BCUT2D eigenvalue weighted by atomic mass is 32.2. The van der Waals surface area contributed by atoms with Crippen LogP contribution in [-0.4, -0.2) is 42.2 Å². The van der Waals surface area contributed by atoms with Crippen LogP contribution in [0.1, 0.15) is 0 Å². The number of hydrogen-bond donors (Lipinski definition) is 1. The highest BCUT2D eigenvalue weighted by Gasteiger charge is 2.29. The lowest BCUT2D eigenvalue weighted by Gasteiger charge is -2.35. The molecule has 0 atom stereocenters. The number of rotatable bonds is 0. The summed E-state index contributed by atoms with van der Waals surface area (Å²) in [6, 6.07) is 0. The van der Waals surface area contributed by atoms with E-state index in [-0.39, 0.29) is 5.91 Å². The molecule has 0 aliphatic carbocycles. The fraction of sp³-hybridized carbons (Fsp3) is 0.429. The van der Waals surface area contributed by atoms with Crippen molar-refractivity contribution < 1.29 is 4.79 Å². The van der Waals surface area contributed by atoms with Gasteiger partial charge in [0.1, 0.15) is 5.70 Å². The summed E-state index contributed by atoms with van der Waals surface area (Å²) in [7, 11) is 3.62. The molecule has 0 radical (unpaired) electrons. The lowest BCUT2D eigenvalue weighted by Crippen LogP contribution is -2.49. The molecule has 0 saturated carbocycles. The van der Waals surface area contributed by atoms with Gasteiger partial charge in [0.25, 0.3) is 0 Å². The van der Waals surface area contributed by atoms with Crippen LogP contribution in [0.25, 0.3) is 0 Å². The molecule has 2 heterocycles. The third-order valence-electron chi connectivity index (χ3n) is 2.08. The average molecular weight is 198 g/mol. The van der Waals surface area contributed by atoms with Gasteiger partial charge in [-0.2, -0.15) is 4.40 Å². The van der Waals surface area contributed by atoms with E-state index < -0.39 is 0 Å². The van der Waals surface area contributed by atoms with Gasteiger partial charge in [-0.3, -0.25) is 4.79 Å². The molecule has 2 rings (SSSR count). The molecule has 0 spiro atoms. The van der Waals surface area contributed by atoms with Gasteiger partial charge in [-0.05, 0) is 0 Å². The van der Waals surface area contributed by atoms with E-state index in [1.54, 1.807) is 18.1 Å². The number of likely N-dealkylation sites (N-methyl/N-ethyl adjacent to an activating group) is 2. The number of fused-ring (bicyclic) bond motifs is 1. The van der Waals surface area contributed by atoms with Crippen LogP contribution in [0.4, 0.5) is 0 Å². The molecule has 2 aliphatic rings. The molecule has 1 N–H and O–H groups in total. The van der Waals surface area contributed by atoms with Gasteiger partial charge in [-0.1, -0.05) is 0 Å². The third kappa shape index (κ3) is 1.27. The minimum absolute atomic E-state index is 0.0846. The van der Waals surface area contributed by atoms with Crippen LogP contribution in [0.15, 0.2) is 16.3 Å². The maximum absolute atomic E-state index is 11.4. The molecule has 13 heavy (non-hydrogen) atoms. The summed E-state index contributed by atoms with van der Waals surface area (Å²) in [6.45, 7) is 0.396. The quantitative estimate of drug-likeness (QED) is 0.547. The van der Waals surface area contributed by atoms with E-state index in [2.05, 4.69) is 9.12 Å². The fourth-order valence-corrected chi connectivity index (χ4v) is 1.83. The predicted molar refractivity (Wildman–Crippen MR) is 51.6 cm³/mol. The molecule has 5 nitrogen and oxygen atoms in total. The van der Waals surface area contributed by atoms with Crippen LogP contribution >= 0.6 is 12.1 Å². The standard InChI is InChI=1S/C7H10N4OS/c1-10-4-6(12)11(2)5-3-8-13-9-7(5)10/h3,8H,4H2,1-2H3. The smallest absolute Gasteiger partial charge is 0.246 e. The fourth-order valence-electron chi connectivity index (χ4n) is 1.29. The Kier molecular flexibility index (Phi) is 1.91. The molecule has 0 aromatic rings. The summed E-state index contributed by atoms with van der Waals surface area (Å²) in [5.41, 5.74) is 0.831. The zero-order valence-electron chi connectivity index (χ0n) is 7.44. The third-order valence-corrected chi connectivity index (χ3v) is 2.57. The second-order valence-electron chi connectivity index (χ2n) is 2.96. The van der Waals surface area contributed by atoms with Gasteiger partial charge in [0.2, 0.25) is 5.91 Å². The molecule has 2 aliphatic heterocycles. The minimum atomic E-state index is 0.0846. The van der Waals surface area contributed by atoms with Crippen LogP contribution in [0, 0.1) is 0 Å². The predicted octanol–water partition coefficient (Wildman–Crippen LogP) is -0.203. The van der Waals surface area contributed by atoms with Crippen molar-refractivity contribution in [3.63, 3.8) is 0 Å². The summed E-state index contributed by atoms with van der Waals surface area (Å²) in [5, 5.41) is 0. The second kappa shape index (κ2) is 2.95. The Balaban J connectivity index is 2.36. The van der Waals surface area contributed by atoms with E-state index in [0.717, 1.165) is 11.5 Å². The van der Waals surface area contributed by atoms with E-state index in [0.29, 0.717) is 6.54 Å². The van der Waals surface area contributed by atoms with E-state index in [9.17, 15) is 4.79 Å². The first-order chi connectivity index (χ1) is 6.20. The molecule has 0 aromatic heterocycles. The van der Waals surface area contributed by atoms with E-state index >= 15 is 0 Å². The summed E-state index contributed by atoms with van der Waals surface area (Å²) < 4.78 is 7.11. The summed E-state index contributed by atoms with van der Waals surface area (Å²) in [6.07, 6.45) is 1.79. The molecular weight excluding hydrogens is 188 g/mol. The second-order valence-corrected chi connectivity index (χ2v) is 3.56. The van der Waals surface area contributed by atoms with Crippen molar-refractivity contribution >= 4 is 23.9 Å². The highest BCUT2D eigenvalue weighted by molar-refractivity contribution is 7.96. The van der Waals surface area contributed by atoms with Crippen molar-refractivity contribution in [2.24, 2.45) is 4.40 Å². The first-order valence-corrected chi connectivity index (χ1v) is 4.65.